The molecule has 2 aliphatic heterocycles. The number of carbonyl (C=O) groups is 2. The van der Waals surface area contributed by atoms with Gasteiger partial charge >= 0.3 is 0 Å². The van der Waals surface area contributed by atoms with E-state index in [1.54, 1.807) is 18.0 Å². The zero-order chi connectivity index (χ0) is 23.5. The lowest BCUT2D eigenvalue weighted by molar-refractivity contribution is 0.00853. The minimum absolute atomic E-state index is 0.0224. The molecule has 0 atom stereocenters. The third kappa shape index (κ3) is 5.30. The normalized spacial score (nSPS) is 17.0. The number of benzene rings is 2. The van der Waals surface area contributed by atoms with E-state index in [0.717, 1.165) is 47.4 Å². The molecule has 9 heteroatoms. The third-order valence-electron chi connectivity index (χ3n) is 6.28. The van der Waals surface area contributed by atoms with Crippen LogP contribution in [0.5, 0.6) is 0 Å². The molecule has 2 saturated heterocycles. The van der Waals surface area contributed by atoms with Gasteiger partial charge in [0.1, 0.15) is 0 Å². The van der Waals surface area contributed by atoms with Crippen molar-refractivity contribution >= 4 is 46.5 Å². The Balaban J connectivity index is 1.07. The number of nitrogens with zero attached hydrogens (tertiary/aromatic N) is 4. The van der Waals surface area contributed by atoms with Gasteiger partial charge in [-0.1, -0.05) is 23.7 Å². The summed E-state index contributed by atoms with van der Waals surface area (Å²) in [5.41, 5.74) is 1.90. The Morgan fingerprint density at radius 2 is 1.76 bits per heavy atom. The fraction of sp³-hybridized carbons (Fsp3) is 0.320. The van der Waals surface area contributed by atoms with Gasteiger partial charge in [-0.05, 0) is 42.0 Å². The summed E-state index contributed by atoms with van der Waals surface area (Å²) in [5, 5.41) is 3.14. The van der Waals surface area contributed by atoms with Crippen molar-refractivity contribution in [3.63, 3.8) is 0 Å². The first-order chi connectivity index (χ1) is 16.6. The zero-order valence-electron chi connectivity index (χ0n) is 18.6. The van der Waals surface area contributed by atoms with Crippen LogP contribution in [0.3, 0.4) is 0 Å². The second-order valence-corrected chi connectivity index (χ2v) is 10.9. The van der Waals surface area contributed by atoms with Crippen LogP contribution in [0.25, 0.3) is 0 Å². The van der Waals surface area contributed by atoms with Gasteiger partial charge in [0.2, 0.25) is 0 Å². The van der Waals surface area contributed by atoms with Crippen molar-refractivity contribution in [1.82, 2.24) is 19.7 Å². The number of rotatable bonds is 6. The minimum atomic E-state index is 0.0224. The number of aromatic nitrogens is 1. The van der Waals surface area contributed by atoms with E-state index in [1.807, 2.05) is 57.6 Å². The summed E-state index contributed by atoms with van der Waals surface area (Å²) < 4.78 is 0. The van der Waals surface area contributed by atoms with Gasteiger partial charge in [0.05, 0.1) is 0 Å². The van der Waals surface area contributed by atoms with E-state index in [-0.39, 0.29) is 11.8 Å². The summed E-state index contributed by atoms with van der Waals surface area (Å²) in [7, 11) is 0. The van der Waals surface area contributed by atoms with E-state index in [2.05, 4.69) is 16.0 Å². The summed E-state index contributed by atoms with van der Waals surface area (Å²) in [6.45, 7) is 4.56. The molecule has 0 radical (unpaired) electrons. The Bertz CT molecular complexity index is 1140. The fourth-order valence-corrected chi connectivity index (χ4v) is 5.93. The molecule has 1 aromatic heterocycles. The quantitative estimate of drug-likeness (QED) is 0.459. The summed E-state index contributed by atoms with van der Waals surface area (Å²) >= 11 is 9.17. The highest BCUT2D eigenvalue weighted by Crippen LogP contribution is 2.26. The molecule has 0 aliphatic carbocycles. The zero-order valence-corrected chi connectivity index (χ0v) is 21.0. The lowest BCUT2D eigenvalue weighted by Crippen LogP contribution is -2.64. The largest absolute Gasteiger partial charge is 0.335 e. The van der Waals surface area contributed by atoms with Crippen LogP contribution in [0.1, 0.15) is 25.7 Å². The predicted octanol–water partition coefficient (Wildman–Crippen LogP) is 4.37. The number of thioether (sulfide) groups is 1. The Kier molecular flexibility index (Phi) is 7.20. The average molecular weight is 513 g/mol. The number of likely N-dealkylation sites (tertiary alicyclic amines) is 1. The van der Waals surface area contributed by atoms with Crippen LogP contribution < -0.4 is 0 Å². The summed E-state index contributed by atoms with van der Waals surface area (Å²) in [6, 6.07) is 16.1. The van der Waals surface area contributed by atoms with Crippen molar-refractivity contribution in [1.29, 1.82) is 0 Å². The molecule has 34 heavy (non-hydrogen) atoms. The lowest BCUT2D eigenvalue weighted by Gasteiger charge is -2.48. The Morgan fingerprint density at radius 3 is 2.44 bits per heavy atom. The molecule has 0 bridgehead atoms. The number of piperazine rings is 1. The van der Waals surface area contributed by atoms with Crippen molar-refractivity contribution in [2.24, 2.45) is 0 Å². The number of thiazole rings is 1. The lowest BCUT2D eigenvalue weighted by atomic mass is 10.0. The molecular formula is C25H25ClN4O2S2. The minimum Gasteiger partial charge on any atom is -0.335 e. The second-order valence-electron chi connectivity index (χ2n) is 8.47. The van der Waals surface area contributed by atoms with Gasteiger partial charge in [-0.3, -0.25) is 14.5 Å². The molecule has 176 valence electrons. The monoisotopic (exact) mass is 512 g/mol. The molecular weight excluding hydrogens is 488 g/mol. The van der Waals surface area contributed by atoms with Gasteiger partial charge in [0.25, 0.3) is 11.8 Å². The molecule has 2 fully saturated rings. The SMILES string of the molecule is O=C(c1ccc(SCc2cccc(Cl)c2)cc1)N1CC(N2CCN(C(=O)c3nccs3)CC2)C1. The van der Waals surface area contributed by atoms with Crippen LogP contribution >= 0.6 is 34.7 Å². The van der Waals surface area contributed by atoms with Gasteiger partial charge in [-0.25, -0.2) is 4.98 Å². The summed E-state index contributed by atoms with van der Waals surface area (Å²) in [6.07, 6.45) is 1.67. The molecule has 2 amide bonds. The van der Waals surface area contributed by atoms with Crippen LogP contribution in [0.4, 0.5) is 0 Å². The van der Waals surface area contributed by atoms with Crippen molar-refractivity contribution in [3.8, 4) is 0 Å². The highest BCUT2D eigenvalue weighted by Gasteiger charge is 2.37. The maximum Gasteiger partial charge on any atom is 0.282 e. The van der Waals surface area contributed by atoms with Crippen LogP contribution in [-0.4, -0.2) is 76.8 Å². The molecule has 0 N–H and O–H groups in total. The maximum absolute atomic E-state index is 12.9. The average Bonchev–Trinajstić information content (AvgIpc) is 3.37. The number of halogens is 1. The first-order valence-electron chi connectivity index (χ1n) is 11.3. The number of hydrogen-bond donors (Lipinski definition) is 0. The standard InChI is InChI=1S/C25H25ClN4O2S2/c26-20-3-1-2-18(14-20)17-34-22-6-4-19(5-7-22)24(31)30-15-21(16-30)28-9-11-29(12-10-28)25(32)23-27-8-13-33-23/h1-8,13-14,21H,9-12,15-17H2. The van der Waals surface area contributed by atoms with Crippen molar-refractivity contribution in [3.05, 3.63) is 81.3 Å². The highest BCUT2D eigenvalue weighted by molar-refractivity contribution is 7.98. The van der Waals surface area contributed by atoms with Gasteiger partial charge in [0.15, 0.2) is 5.01 Å². The van der Waals surface area contributed by atoms with Crippen molar-refractivity contribution in [2.45, 2.75) is 16.7 Å². The van der Waals surface area contributed by atoms with E-state index in [0.29, 0.717) is 24.1 Å². The van der Waals surface area contributed by atoms with E-state index < -0.39 is 0 Å². The van der Waals surface area contributed by atoms with E-state index in [4.69, 9.17) is 11.6 Å². The van der Waals surface area contributed by atoms with Crippen LogP contribution in [0.2, 0.25) is 5.02 Å². The molecule has 2 aliphatic rings. The molecule has 5 rings (SSSR count). The van der Waals surface area contributed by atoms with Crippen LogP contribution in [0.15, 0.2) is 65.0 Å². The Labute approximate surface area is 212 Å². The summed E-state index contributed by atoms with van der Waals surface area (Å²) in [5.74, 6) is 0.944. The Morgan fingerprint density at radius 1 is 1.00 bits per heavy atom. The van der Waals surface area contributed by atoms with Gasteiger partial charge in [0, 0.05) is 78.1 Å². The number of carbonyl (C=O) groups excluding carboxylic acids is 2. The second kappa shape index (κ2) is 10.5. The van der Waals surface area contributed by atoms with Gasteiger partial charge < -0.3 is 9.80 Å². The molecule has 6 nitrogen and oxygen atoms in total. The van der Waals surface area contributed by atoms with E-state index >= 15 is 0 Å². The first-order valence-corrected chi connectivity index (χ1v) is 13.5. The topological polar surface area (TPSA) is 56.8 Å². The number of hydrogen-bond acceptors (Lipinski definition) is 6. The van der Waals surface area contributed by atoms with Crippen LogP contribution in [0, 0.1) is 0 Å². The third-order valence-corrected chi connectivity index (χ3v) is 8.36. The number of amides is 2. The predicted molar refractivity (Wildman–Crippen MR) is 137 cm³/mol. The molecule has 0 saturated carbocycles. The highest BCUT2D eigenvalue weighted by atomic mass is 35.5. The Hall–Kier alpha value is -2.39. The molecule has 0 spiro atoms. The van der Waals surface area contributed by atoms with E-state index in [9.17, 15) is 9.59 Å². The van der Waals surface area contributed by atoms with E-state index in [1.165, 1.54) is 16.9 Å². The summed E-state index contributed by atoms with van der Waals surface area (Å²) in [4.78, 5) is 36.8. The van der Waals surface area contributed by atoms with Crippen LogP contribution in [-0.2, 0) is 5.75 Å². The van der Waals surface area contributed by atoms with Crippen molar-refractivity contribution in [2.75, 3.05) is 39.3 Å². The molecule has 3 heterocycles. The fourth-order valence-electron chi connectivity index (χ4n) is 4.28. The van der Waals surface area contributed by atoms with Gasteiger partial charge in [-0.15, -0.1) is 23.1 Å². The maximum atomic E-state index is 12.9. The van der Waals surface area contributed by atoms with Gasteiger partial charge in [-0.2, -0.15) is 0 Å². The smallest absolute Gasteiger partial charge is 0.282 e. The first kappa shape index (κ1) is 23.4. The molecule has 2 aromatic carbocycles. The van der Waals surface area contributed by atoms with Crippen molar-refractivity contribution < 1.29 is 9.59 Å². The molecule has 3 aromatic rings. The molecule has 0 unspecified atom stereocenters.